The quantitative estimate of drug-likeness (QED) is 0.834. The molecule has 2 rings (SSSR count). The lowest BCUT2D eigenvalue weighted by molar-refractivity contribution is -0.0640. The molecule has 0 unspecified atom stereocenters. The summed E-state index contributed by atoms with van der Waals surface area (Å²) < 4.78 is 33.8. The molecule has 1 aliphatic rings. The number of nitrogen functional groups attached to an aromatic ring is 1. The molecule has 0 saturated carbocycles. The zero-order chi connectivity index (χ0) is 14.4. The van der Waals surface area contributed by atoms with E-state index in [1.165, 1.54) is 8.99 Å². The Morgan fingerprint density at radius 3 is 2.53 bits per heavy atom. The van der Waals surface area contributed by atoms with Crippen LogP contribution >= 0.6 is 0 Å². The standard InChI is InChI=1S/C11H20N4O3S/c1-8-9(10(12)13-14(8)4)19(16,17)15-5-6-18-11(2,3)7-15/h5-7H2,1-4H3,(H2,12,13). The average Bonchev–Trinajstić information content (AvgIpc) is 2.51. The number of anilines is 1. The minimum absolute atomic E-state index is 0.0456. The summed E-state index contributed by atoms with van der Waals surface area (Å²) in [6, 6.07) is 0. The van der Waals surface area contributed by atoms with Crippen LogP contribution in [0.25, 0.3) is 0 Å². The summed E-state index contributed by atoms with van der Waals surface area (Å²) >= 11 is 0. The second-order valence-corrected chi connectivity index (χ2v) is 7.24. The van der Waals surface area contributed by atoms with Gasteiger partial charge in [0.1, 0.15) is 4.90 Å². The Bertz CT molecular complexity index is 591. The van der Waals surface area contributed by atoms with Gasteiger partial charge in [0.25, 0.3) is 0 Å². The van der Waals surface area contributed by atoms with E-state index in [1.54, 1.807) is 14.0 Å². The number of ether oxygens (including phenoxy) is 1. The molecule has 0 aliphatic carbocycles. The fourth-order valence-electron chi connectivity index (χ4n) is 2.24. The number of nitrogens with zero attached hydrogens (tertiary/aromatic N) is 3. The topological polar surface area (TPSA) is 90.4 Å². The Kier molecular flexibility index (Phi) is 3.36. The van der Waals surface area contributed by atoms with Gasteiger partial charge in [-0.05, 0) is 20.8 Å². The van der Waals surface area contributed by atoms with Gasteiger partial charge in [0.15, 0.2) is 5.82 Å². The third-order valence-electron chi connectivity index (χ3n) is 3.29. The third kappa shape index (κ3) is 2.47. The summed E-state index contributed by atoms with van der Waals surface area (Å²) in [5, 5.41) is 3.97. The summed E-state index contributed by atoms with van der Waals surface area (Å²) in [6.45, 7) is 6.46. The van der Waals surface area contributed by atoms with Gasteiger partial charge in [0, 0.05) is 20.1 Å². The molecule has 0 radical (unpaired) electrons. The number of sulfonamides is 1. The second-order valence-electron chi connectivity index (χ2n) is 5.37. The lowest BCUT2D eigenvalue weighted by atomic mass is 10.1. The number of morpholine rings is 1. The van der Waals surface area contributed by atoms with E-state index < -0.39 is 15.6 Å². The van der Waals surface area contributed by atoms with Crippen LogP contribution in [0.4, 0.5) is 5.82 Å². The fourth-order valence-corrected chi connectivity index (χ4v) is 4.11. The molecule has 0 aromatic carbocycles. The van der Waals surface area contributed by atoms with E-state index >= 15 is 0 Å². The van der Waals surface area contributed by atoms with Gasteiger partial charge in [0.05, 0.1) is 17.9 Å². The van der Waals surface area contributed by atoms with Crippen molar-refractivity contribution in [3.63, 3.8) is 0 Å². The van der Waals surface area contributed by atoms with Crippen molar-refractivity contribution >= 4 is 15.8 Å². The fraction of sp³-hybridized carbons (Fsp3) is 0.727. The van der Waals surface area contributed by atoms with E-state index in [-0.39, 0.29) is 10.7 Å². The summed E-state index contributed by atoms with van der Waals surface area (Å²) in [5.41, 5.74) is 5.79. The molecule has 1 fully saturated rings. The van der Waals surface area contributed by atoms with Crippen LogP contribution in [0.15, 0.2) is 4.90 Å². The van der Waals surface area contributed by atoms with Crippen molar-refractivity contribution in [1.82, 2.24) is 14.1 Å². The molecule has 8 heteroatoms. The summed E-state index contributed by atoms with van der Waals surface area (Å²) in [7, 11) is -1.95. The lowest BCUT2D eigenvalue weighted by Crippen LogP contribution is -2.50. The van der Waals surface area contributed by atoms with E-state index in [4.69, 9.17) is 10.5 Å². The van der Waals surface area contributed by atoms with Gasteiger partial charge in [-0.1, -0.05) is 0 Å². The highest BCUT2D eigenvalue weighted by Crippen LogP contribution is 2.28. The molecular formula is C11H20N4O3S. The zero-order valence-electron chi connectivity index (χ0n) is 11.7. The van der Waals surface area contributed by atoms with E-state index in [0.29, 0.717) is 25.4 Å². The molecule has 2 N–H and O–H groups in total. The van der Waals surface area contributed by atoms with Crippen LogP contribution in [0.1, 0.15) is 19.5 Å². The molecule has 1 saturated heterocycles. The lowest BCUT2D eigenvalue weighted by Gasteiger charge is -2.37. The summed E-state index contributed by atoms with van der Waals surface area (Å²) in [5.74, 6) is 0.0456. The highest BCUT2D eigenvalue weighted by Gasteiger charge is 2.37. The van der Waals surface area contributed by atoms with Crippen molar-refractivity contribution in [1.29, 1.82) is 0 Å². The first-order valence-corrected chi connectivity index (χ1v) is 7.52. The largest absolute Gasteiger partial charge is 0.381 e. The van der Waals surface area contributed by atoms with E-state index in [1.807, 2.05) is 13.8 Å². The van der Waals surface area contributed by atoms with Crippen molar-refractivity contribution in [2.24, 2.45) is 7.05 Å². The van der Waals surface area contributed by atoms with Gasteiger partial charge in [-0.2, -0.15) is 9.40 Å². The van der Waals surface area contributed by atoms with Gasteiger partial charge in [-0.25, -0.2) is 8.42 Å². The highest BCUT2D eigenvalue weighted by molar-refractivity contribution is 7.89. The van der Waals surface area contributed by atoms with Crippen LogP contribution in [0.2, 0.25) is 0 Å². The van der Waals surface area contributed by atoms with Crippen LogP contribution < -0.4 is 5.73 Å². The maximum absolute atomic E-state index is 12.7. The predicted molar refractivity (Wildman–Crippen MR) is 71.1 cm³/mol. The predicted octanol–water partition coefficient (Wildman–Crippen LogP) is 0.110. The van der Waals surface area contributed by atoms with Crippen molar-refractivity contribution in [2.75, 3.05) is 25.4 Å². The van der Waals surface area contributed by atoms with Gasteiger partial charge in [-0.15, -0.1) is 0 Å². The van der Waals surface area contributed by atoms with Crippen molar-refractivity contribution in [3.05, 3.63) is 5.69 Å². The molecule has 7 nitrogen and oxygen atoms in total. The van der Waals surface area contributed by atoms with Gasteiger partial charge in [-0.3, -0.25) is 4.68 Å². The first kappa shape index (κ1) is 14.3. The summed E-state index contributed by atoms with van der Waals surface area (Å²) in [6.07, 6.45) is 0. The number of aromatic nitrogens is 2. The third-order valence-corrected chi connectivity index (χ3v) is 5.30. The second kappa shape index (κ2) is 4.46. The van der Waals surface area contributed by atoms with E-state index in [9.17, 15) is 8.42 Å². The van der Waals surface area contributed by atoms with E-state index in [2.05, 4.69) is 5.10 Å². The number of hydrogen-bond donors (Lipinski definition) is 1. The van der Waals surface area contributed by atoms with Gasteiger partial charge < -0.3 is 10.5 Å². The minimum atomic E-state index is -3.63. The van der Waals surface area contributed by atoms with E-state index in [0.717, 1.165) is 0 Å². The van der Waals surface area contributed by atoms with Crippen molar-refractivity contribution < 1.29 is 13.2 Å². The van der Waals surface area contributed by atoms with Crippen LogP contribution in [0.5, 0.6) is 0 Å². The van der Waals surface area contributed by atoms with Crippen molar-refractivity contribution in [3.8, 4) is 0 Å². The molecule has 0 atom stereocenters. The Morgan fingerprint density at radius 2 is 2.05 bits per heavy atom. The van der Waals surface area contributed by atoms with Crippen LogP contribution in [-0.4, -0.2) is 47.8 Å². The summed E-state index contributed by atoms with van der Waals surface area (Å²) in [4.78, 5) is 0.104. The molecule has 1 aromatic rings. The van der Waals surface area contributed by atoms with Gasteiger partial charge in [0.2, 0.25) is 10.0 Å². The Hall–Kier alpha value is -1.12. The van der Waals surface area contributed by atoms with Crippen LogP contribution in [0.3, 0.4) is 0 Å². The molecule has 19 heavy (non-hydrogen) atoms. The molecule has 2 heterocycles. The number of rotatable bonds is 2. The normalized spacial score (nSPS) is 20.6. The Morgan fingerprint density at radius 1 is 1.42 bits per heavy atom. The molecule has 0 amide bonds. The average molecular weight is 288 g/mol. The minimum Gasteiger partial charge on any atom is -0.381 e. The maximum atomic E-state index is 12.7. The Labute approximate surface area is 113 Å². The highest BCUT2D eigenvalue weighted by atomic mass is 32.2. The van der Waals surface area contributed by atoms with Crippen molar-refractivity contribution in [2.45, 2.75) is 31.3 Å². The Balaban J connectivity index is 2.43. The molecule has 1 aliphatic heterocycles. The van der Waals surface area contributed by atoms with Crippen LogP contribution in [-0.2, 0) is 21.8 Å². The molecule has 1 aromatic heterocycles. The number of aryl methyl sites for hydroxylation is 1. The molecular weight excluding hydrogens is 268 g/mol. The SMILES string of the molecule is Cc1c(S(=O)(=O)N2CCOC(C)(C)C2)c(N)nn1C. The smallest absolute Gasteiger partial charge is 0.248 e. The van der Waals surface area contributed by atoms with Gasteiger partial charge >= 0.3 is 0 Å². The first-order valence-electron chi connectivity index (χ1n) is 6.08. The number of hydrogen-bond acceptors (Lipinski definition) is 5. The molecule has 0 spiro atoms. The first-order chi connectivity index (χ1) is 8.65. The zero-order valence-corrected chi connectivity index (χ0v) is 12.5. The maximum Gasteiger partial charge on any atom is 0.248 e. The molecule has 0 bridgehead atoms. The number of nitrogens with two attached hydrogens (primary N) is 1. The molecule has 108 valence electrons. The van der Waals surface area contributed by atoms with Crippen LogP contribution in [0, 0.1) is 6.92 Å². The monoisotopic (exact) mass is 288 g/mol.